The number of nitrogens with zero attached hydrogens (tertiary/aromatic N) is 3. The lowest BCUT2D eigenvalue weighted by atomic mass is 10.1. The summed E-state index contributed by atoms with van der Waals surface area (Å²) in [5.41, 5.74) is 0.279. The number of aliphatic carboxylic acids is 1. The molecular weight excluding hydrogens is 323 g/mol. The minimum Gasteiger partial charge on any atom is -0.477 e. The van der Waals surface area contributed by atoms with Crippen molar-refractivity contribution >= 4 is 28.8 Å². The highest BCUT2D eigenvalue weighted by Gasteiger charge is 2.29. The Bertz CT molecular complexity index is 928. The van der Waals surface area contributed by atoms with Crippen LogP contribution in [0.1, 0.15) is 11.1 Å². The number of rotatable bonds is 3. The number of aromatic nitrogens is 3. The van der Waals surface area contributed by atoms with E-state index in [1.54, 1.807) is 24.3 Å². The van der Waals surface area contributed by atoms with Gasteiger partial charge in [0.2, 0.25) is 0 Å². The number of alkyl halides is 3. The van der Waals surface area contributed by atoms with E-state index in [2.05, 4.69) is 10.3 Å². The third-order valence-corrected chi connectivity index (χ3v) is 3.34. The summed E-state index contributed by atoms with van der Waals surface area (Å²) in [6, 6.07) is 11.0. The summed E-state index contributed by atoms with van der Waals surface area (Å²) in [4.78, 5) is 11.5. The zero-order valence-corrected chi connectivity index (χ0v) is 12.0. The quantitative estimate of drug-likeness (QED) is 0.745. The van der Waals surface area contributed by atoms with Crippen molar-refractivity contribution in [2.75, 3.05) is 0 Å². The molecule has 1 N–H and O–H groups in total. The predicted octanol–water partition coefficient (Wildman–Crippen LogP) is 3.53. The highest BCUT2D eigenvalue weighted by atomic mass is 19.4. The monoisotopic (exact) mass is 333 g/mol. The molecule has 122 valence electrons. The van der Waals surface area contributed by atoms with Crippen LogP contribution >= 0.6 is 0 Å². The first-order chi connectivity index (χ1) is 11.4. The van der Waals surface area contributed by atoms with Crippen LogP contribution in [0.2, 0.25) is 0 Å². The molecule has 5 nitrogen and oxygen atoms in total. The lowest BCUT2D eigenvalue weighted by Crippen LogP contribution is -2.09. The summed E-state index contributed by atoms with van der Waals surface area (Å²) in [6.07, 6.45) is -3.20. The van der Waals surface area contributed by atoms with Crippen molar-refractivity contribution in [3.8, 4) is 0 Å². The Labute approximate surface area is 133 Å². The standard InChI is InChI=1S/C16H10F3N3O2/c17-16(18,19)11-7-5-10(6-8-11)9-14(15(23)24)22-13-4-2-1-3-12(13)20-21-22/h1-9H,(H,23,24)/b14-9+. The third-order valence-electron chi connectivity index (χ3n) is 3.34. The van der Waals surface area contributed by atoms with Crippen LogP contribution in [0.3, 0.4) is 0 Å². The van der Waals surface area contributed by atoms with Gasteiger partial charge in [-0.15, -0.1) is 5.10 Å². The van der Waals surface area contributed by atoms with Crippen molar-refractivity contribution in [2.45, 2.75) is 6.18 Å². The molecule has 0 amide bonds. The van der Waals surface area contributed by atoms with Crippen molar-refractivity contribution < 1.29 is 23.1 Å². The largest absolute Gasteiger partial charge is 0.477 e. The van der Waals surface area contributed by atoms with Crippen LogP contribution in [0.4, 0.5) is 13.2 Å². The Balaban J connectivity index is 2.05. The third kappa shape index (κ3) is 2.98. The molecule has 3 rings (SSSR count). The van der Waals surface area contributed by atoms with E-state index < -0.39 is 17.7 Å². The van der Waals surface area contributed by atoms with Gasteiger partial charge in [0.1, 0.15) is 5.52 Å². The molecule has 0 aliphatic rings. The zero-order valence-electron chi connectivity index (χ0n) is 12.0. The molecule has 1 aromatic heterocycles. The van der Waals surface area contributed by atoms with E-state index in [1.807, 2.05) is 0 Å². The molecule has 0 unspecified atom stereocenters. The van der Waals surface area contributed by atoms with Gasteiger partial charge in [0.05, 0.1) is 11.1 Å². The molecular formula is C16H10F3N3O2. The summed E-state index contributed by atoms with van der Waals surface area (Å²) >= 11 is 0. The molecule has 0 fully saturated rings. The first-order valence-electron chi connectivity index (χ1n) is 6.79. The highest BCUT2D eigenvalue weighted by molar-refractivity contribution is 6.15. The summed E-state index contributed by atoms with van der Waals surface area (Å²) < 4.78 is 38.9. The number of fused-ring (bicyclic) bond motifs is 1. The van der Waals surface area contributed by atoms with E-state index in [9.17, 15) is 23.1 Å². The number of carbonyl (C=O) groups is 1. The maximum atomic E-state index is 12.6. The fourth-order valence-electron chi connectivity index (χ4n) is 2.19. The Morgan fingerprint density at radius 1 is 1.08 bits per heavy atom. The van der Waals surface area contributed by atoms with E-state index in [0.717, 1.165) is 16.8 Å². The summed E-state index contributed by atoms with van der Waals surface area (Å²) in [6.45, 7) is 0. The second-order valence-electron chi connectivity index (χ2n) is 4.94. The van der Waals surface area contributed by atoms with Crippen molar-refractivity contribution in [3.05, 3.63) is 59.7 Å². The van der Waals surface area contributed by atoms with Gasteiger partial charge < -0.3 is 5.11 Å². The number of halogens is 3. The van der Waals surface area contributed by atoms with E-state index in [0.29, 0.717) is 16.6 Å². The van der Waals surface area contributed by atoms with Gasteiger partial charge in [0.15, 0.2) is 5.70 Å². The normalized spacial score (nSPS) is 12.5. The molecule has 0 aliphatic carbocycles. The number of para-hydroxylation sites is 1. The summed E-state index contributed by atoms with van der Waals surface area (Å²) in [5, 5.41) is 17.1. The van der Waals surface area contributed by atoms with Gasteiger partial charge >= 0.3 is 12.1 Å². The number of hydrogen-bond acceptors (Lipinski definition) is 3. The van der Waals surface area contributed by atoms with Crippen molar-refractivity contribution in [1.82, 2.24) is 15.0 Å². The number of carboxylic acids is 1. The lowest BCUT2D eigenvalue weighted by Gasteiger charge is -2.07. The smallest absolute Gasteiger partial charge is 0.416 e. The number of carboxylic acid groups (broad SMARTS) is 1. The highest BCUT2D eigenvalue weighted by Crippen LogP contribution is 2.29. The van der Waals surface area contributed by atoms with Crippen LogP contribution in [-0.2, 0) is 11.0 Å². The van der Waals surface area contributed by atoms with Gasteiger partial charge in [-0.1, -0.05) is 29.5 Å². The molecule has 0 bridgehead atoms. The Kier molecular flexibility index (Phi) is 3.80. The van der Waals surface area contributed by atoms with Gasteiger partial charge in [0, 0.05) is 0 Å². The maximum absolute atomic E-state index is 12.6. The van der Waals surface area contributed by atoms with E-state index in [1.165, 1.54) is 18.2 Å². The van der Waals surface area contributed by atoms with Gasteiger partial charge in [-0.3, -0.25) is 0 Å². The van der Waals surface area contributed by atoms with Crippen molar-refractivity contribution in [3.63, 3.8) is 0 Å². The van der Waals surface area contributed by atoms with Crippen molar-refractivity contribution in [1.29, 1.82) is 0 Å². The van der Waals surface area contributed by atoms with E-state index >= 15 is 0 Å². The molecule has 0 radical (unpaired) electrons. The van der Waals surface area contributed by atoms with Crippen LogP contribution in [0.5, 0.6) is 0 Å². The summed E-state index contributed by atoms with van der Waals surface area (Å²) in [7, 11) is 0. The van der Waals surface area contributed by atoms with Crippen LogP contribution in [0, 0.1) is 0 Å². The second kappa shape index (κ2) is 5.80. The first kappa shape index (κ1) is 15.7. The zero-order chi connectivity index (χ0) is 17.3. The number of hydrogen-bond donors (Lipinski definition) is 1. The topological polar surface area (TPSA) is 68.0 Å². The molecule has 0 saturated carbocycles. The van der Waals surface area contributed by atoms with Gasteiger partial charge in [-0.05, 0) is 35.9 Å². The van der Waals surface area contributed by atoms with E-state index in [4.69, 9.17) is 0 Å². The lowest BCUT2D eigenvalue weighted by molar-refractivity contribution is -0.137. The van der Waals surface area contributed by atoms with Crippen LogP contribution in [0.25, 0.3) is 22.8 Å². The van der Waals surface area contributed by atoms with Crippen molar-refractivity contribution in [2.24, 2.45) is 0 Å². The predicted molar refractivity (Wildman–Crippen MR) is 80.8 cm³/mol. The number of benzene rings is 2. The average Bonchev–Trinajstić information content (AvgIpc) is 2.96. The van der Waals surface area contributed by atoms with Crippen LogP contribution < -0.4 is 0 Å². The first-order valence-corrected chi connectivity index (χ1v) is 6.79. The molecule has 3 aromatic rings. The molecule has 2 aromatic carbocycles. The van der Waals surface area contributed by atoms with Gasteiger partial charge in [-0.2, -0.15) is 13.2 Å². The molecule has 0 atom stereocenters. The van der Waals surface area contributed by atoms with Crippen LogP contribution in [-0.4, -0.2) is 26.1 Å². The molecule has 0 aliphatic heterocycles. The SMILES string of the molecule is O=C(O)/C(=C\c1ccc(C(F)(F)F)cc1)n1nnc2ccccc21. The molecule has 0 saturated heterocycles. The van der Waals surface area contributed by atoms with Gasteiger partial charge in [0.25, 0.3) is 0 Å². The Hall–Kier alpha value is -3.16. The molecule has 24 heavy (non-hydrogen) atoms. The fourth-order valence-corrected chi connectivity index (χ4v) is 2.19. The van der Waals surface area contributed by atoms with Crippen LogP contribution in [0.15, 0.2) is 48.5 Å². The maximum Gasteiger partial charge on any atom is 0.416 e. The van der Waals surface area contributed by atoms with Gasteiger partial charge in [-0.25, -0.2) is 9.48 Å². The summed E-state index contributed by atoms with van der Waals surface area (Å²) in [5.74, 6) is -1.27. The Morgan fingerprint density at radius 3 is 2.38 bits per heavy atom. The van der Waals surface area contributed by atoms with E-state index in [-0.39, 0.29) is 5.70 Å². The Morgan fingerprint density at radius 2 is 1.75 bits per heavy atom. The molecule has 0 spiro atoms. The minimum absolute atomic E-state index is 0.219. The minimum atomic E-state index is -4.44. The fraction of sp³-hybridized carbons (Fsp3) is 0.0625. The average molecular weight is 333 g/mol. The molecule has 8 heteroatoms. The molecule has 1 heterocycles. The second-order valence-corrected chi connectivity index (χ2v) is 4.94.